The van der Waals surface area contributed by atoms with Crippen LogP contribution in [-0.4, -0.2) is 109 Å². The van der Waals surface area contributed by atoms with Crippen LogP contribution >= 0.6 is 0 Å². The average molecular weight is 866 g/mol. The highest BCUT2D eigenvalue weighted by Crippen LogP contribution is 2.37. The summed E-state index contributed by atoms with van der Waals surface area (Å²) in [6, 6.07) is 12.0. The number of benzene rings is 2. The van der Waals surface area contributed by atoms with Crippen LogP contribution in [0.2, 0.25) is 0 Å². The van der Waals surface area contributed by atoms with Crippen LogP contribution in [0.15, 0.2) is 85.0 Å². The molecule has 0 saturated carbocycles. The topological polar surface area (TPSA) is 238 Å². The van der Waals surface area contributed by atoms with E-state index in [0.717, 1.165) is 23.3 Å². The van der Waals surface area contributed by atoms with Crippen molar-refractivity contribution in [1.82, 2.24) is 31.5 Å². The fraction of sp³-hybridized carbons (Fsp3) is 0.426. The number of ether oxygens (including phenoxy) is 1. The van der Waals surface area contributed by atoms with E-state index >= 15 is 0 Å². The van der Waals surface area contributed by atoms with Crippen molar-refractivity contribution in [3.8, 4) is 11.8 Å². The zero-order chi connectivity index (χ0) is 45.6. The number of carbonyl (C=O) groups is 7. The number of rotatable bonds is 13. The molecule has 8 N–H and O–H groups in total. The Morgan fingerprint density at radius 3 is 2.51 bits per heavy atom. The summed E-state index contributed by atoms with van der Waals surface area (Å²) < 4.78 is 5.34. The van der Waals surface area contributed by atoms with Crippen molar-refractivity contribution < 1.29 is 43.4 Å². The van der Waals surface area contributed by atoms with Gasteiger partial charge in [-0.2, -0.15) is 0 Å². The number of allylic oxidation sites excluding steroid dienone is 3. The number of carbonyl (C=O) groups excluding carboxylic acids is 6. The summed E-state index contributed by atoms with van der Waals surface area (Å²) in [6.07, 6.45) is 7.00. The number of nitrogens with zero attached hydrogens (tertiary/aromatic N) is 1. The molecular formula is C47H59N7O9. The van der Waals surface area contributed by atoms with Crippen LogP contribution in [0, 0.1) is 17.3 Å². The van der Waals surface area contributed by atoms with Crippen LogP contribution in [0.1, 0.15) is 67.7 Å². The van der Waals surface area contributed by atoms with Crippen molar-refractivity contribution in [3.05, 3.63) is 107 Å². The van der Waals surface area contributed by atoms with Gasteiger partial charge in [0.1, 0.15) is 12.1 Å². The lowest BCUT2D eigenvalue weighted by Gasteiger charge is -2.42. The van der Waals surface area contributed by atoms with E-state index in [1.54, 1.807) is 54.6 Å². The van der Waals surface area contributed by atoms with Gasteiger partial charge in [-0.25, -0.2) is 0 Å². The Labute approximate surface area is 368 Å². The van der Waals surface area contributed by atoms with Gasteiger partial charge < -0.3 is 47.1 Å². The normalized spacial score (nSPS) is 21.0. The van der Waals surface area contributed by atoms with Crippen LogP contribution in [0.5, 0.6) is 0 Å². The molecule has 3 atom stereocenters. The largest absolute Gasteiger partial charge is 0.481 e. The summed E-state index contributed by atoms with van der Waals surface area (Å²) >= 11 is 0. The number of hydrogen-bond acceptors (Lipinski definition) is 9. The van der Waals surface area contributed by atoms with Crippen LogP contribution in [0.3, 0.4) is 0 Å². The van der Waals surface area contributed by atoms with Gasteiger partial charge >= 0.3 is 5.97 Å². The van der Waals surface area contributed by atoms with Crippen molar-refractivity contribution in [3.63, 3.8) is 0 Å². The fourth-order valence-electron chi connectivity index (χ4n) is 7.30. The molecule has 4 rings (SSSR count). The van der Waals surface area contributed by atoms with E-state index in [0.29, 0.717) is 55.6 Å². The lowest BCUT2D eigenvalue weighted by Crippen LogP contribution is -2.57. The molecule has 16 heteroatoms. The molecule has 1 fully saturated rings. The van der Waals surface area contributed by atoms with Crippen LogP contribution in [-0.2, 0) is 57.7 Å². The van der Waals surface area contributed by atoms with Crippen molar-refractivity contribution in [2.24, 2.45) is 11.1 Å². The third kappa shape index (κ3) is 16.0. The van der Waals surface area contributed by atoms with E-state index in [2.05, 4.69) is 45.0 Å². The molecule has 0 unspecified atom stereocenters. The second kappa shape index (κ2) is 25.4. The van der Waals surface area contributed by atoms with E-state index in [1.165, 1.54) is 4.90 Å². The summed E-state index contributed by atoms with van der Waals surface area (Å²) in [5.74, 6) is 2.16. The molecule has 2 heterocycles. The van der Waals surface area contributed by atoms with Gasteiger partial charge in [-0.15, -0.1) is 0 Å². The summed E-state index contributed by atoms with van der Waals surface area (Å²) in [7, 11) is 0. The SMILES string of the molecule is C=C/C(=C\C)C[C@@]12CCCN(C1)C(=O)/C=C/C(=O)NCC[C@@H](C(=O)NCCOCCN)NC(=O)Cc1ccccc1CNC(=O)[C@H](CC#Cc1ccc(CCC(=O)O)cc1)NC2=O. The molecule has 2 bridgehead atoms. The number of aliphatic carboxylic acids is 1. The van der Waals surface area contributed by atoms with Gasteiger partial charge in [0.25, 0.3) is 0 Å². The number of carboxylic acid groups (broad SMARTS) is 1. The maximum absolute atomic E-state index is 14.6. The second-order valence-electron chi connectivity index (χ2n) is 15.4. The molecule has 2 aromatic carbocycles. The minimum Gasteiger partial charge on any atom is -0.481 e. The molecular weight excluding hydrogens is 807 g/mol. The number of nitrogens with one attached hydrogen (secondary N) is 5. The molecule has 63 heavy (non-hydrogen) atoms. The molecule has 336 valence electrons. The number of carboxylic acids is 1. The zero-order valence-corrected chi connectivity index (χ0v) is 35.8. The Hall–Kier alpha value is -6.57. The molecule has 0 aliphatic carbocycles. The molecule has 6 amide bonds. The average Bonchev–Trinajstić information content (AvgIpc) is 3.28. The van der Waals surface area contributed by atoms with Gasteiger partial charge in [0.15, 0.2) is 0 Å². The Bertz CT molecular complexity index is 2090. The minimum atomic E-state index is -1.17. The maximum atomic E-state index is 14.6. The fourth-order valence-corrected chi connectivity index (χ4v) is 7.30. The number of hydrogen-bond donors (Lipinski definition) is 7. The third-order valence-electron chi connectivity index (χ3n) is 10.8. The second-order valence-corrected chi connectivity index (χ2v) is 15.4. The first kappa shape index (κ1) is 49.1. The molecule has 16 nitrogen and oxygen atoms in total. The summed E-state index contributed by atoms with van der Waals surface area (Å²) in [6.45, 7) is 7.10. The van der Waals surface area contributed by atoms with Crippen molar-refractivity contribution in [1.29, 1.82) is 0 Å². The molecule has 0 aromatic heterocycles. The van der Waals surface area contributed by atoms with Crippen molar-refractivity contribution >= 4 is 41.4 Å². The predicted octanol–water partition coefficient (Wildman–Crippen LogP) is 1.57. The summed E-state index contributed by atoms with van der Waals surface area (Å²) in [5, 5.41) is 23.1. The molecule has 1 saturated heterocycles. The van der Waals surface area contributed by atoms with Gasteiger partial charge in [-0.05, 0) is 67.9 Å². The zero-order valence-electron chi connectivity index (χ0n) is 35.8. The summed E-state index contributed by atoms with van der Waals surface area (Å²) in [5.41, 5.74) is 7.76. The van der Waals surface area contributed by atoms with E-state index in [4.69, 9.17) is 15.6 Å². The lowest BCUT2D eigenvalue weighted by atomic mass is 9.73. The number of aryl methyl sites for hydroxylation is 1. The molecule has 0 spiro atoms. The van der Waals surface area contributed by atoms with E-state index in [1.807, 2.05) is 13.0 Å². The first-order valence-corrected chi connectivity index (χ1v) is 21.2. The third-order valence-corrected chi connectivity index (χ3v) is 10.8. The first-order valence-electron chi connectivity index (χ1n) is 21.2. The predicted molar refractivity (Wildman–Crippen MR) is 236 cm³/mol. The quantitative estimate of drug-likeness (QED) is 0.0872. The number of piperidine rings is 1. The van der Waals surface area contributed by atoms with Gasteiger partial charge in [0.2, 0.25) is 35.4 Å². The highest BCUT2D eigenvalue weighted by atomic mass is 16.5. The van der Waals surface area contributed by atoms with Crippen molar-refractivity contribution in [2.75, 3.05) is 45.9 Å². The maximum Gasteiger partial charge on any atom is 0.303 e. The van der Waals surface area contributed by atoms with Crippen molar-refractivity contribution in [2.45, 2.75) is 76.9 Å². The highest BCUT2D eigenvalue weighted by Gasteiger charge is 2.44. The van der Waals surface area contributed by atoms with Crippen LogP contribution in [0.4, 0.5) is 0 Å². The van der Waals surface area contributed by atoms with Gasteiger partial charge in [0.05, 0.1) is 25.0 Å². The Kier molecular flexibility index (Phi) is 19.8. The standard InChI is InChI=1S/C47H59N7O9/c1-3-33(4-2)30-47-22-8-26-54(32-47)42(57)19-18-40(55)49-24-21-39(44(60)50-25-28-63-27-23-48)52-41(56)29-36-10-5-6-11-37(36)31-51-45(61)38(53-46(47)62)12-7-9-34-13-15-35(16-14-34)17-20-43(58)59/h3-6,10-11,13-16,18-19,38-39H,1,8,12,17,20-32,48H2,2H3,(H,49,55)(H,50,60)(H,51,61)(H,52,56)(H,53,62)(H,58,59)/b19-18+,33-4+/t38-,39-,47-/m0/s1. The molecule has 0 radical (unpaired) electrons. The van der Waals surface area contributed by atoms with Crippen LogP contribution in [0.25, 0.3) is 0 Å². The van der Waals surface area contributed by atoms with Gasteiger partial charge in [-0.1, -0.05) is 72.5 Å². The molecule has 2 aliphatic heterocycles. The van der Waals surface area contributed by atoms with Gasteiger partial charge in [-0.3, -0.25) is 33.6 Å². The minimum absolute atomic E-state index is 0.00240. The molecule has 2 aromatic rings. The Morgan fingerprint density at radius 2 is 1.79 bits per heavy atom. The van der Waals surface area contributed by atoms with E-state index < -0.39 is 58.9 Å². The van der Waals surface area contributed by atoms with E-state index in [9.17, 15) is 33.6 Å². The number of fused-ring (bicyclic) bond motifs is 3. The monoisotopic (exact) mass is 865 g/mol. The molecule has 2 aliphatic rings. The Morgan fingerprint density at radius 1 is 1.03 bits per heavy atom. The Balaban J connectivity index is 1.67. The number of nitrogens with two attached hydrogens (primary N) is 1. The highest BCUT2D eigenvalue weighted by molar-refractivity contribution is 5.97. The first-order chi connectivity index (χ1) is 30.4. The lowest BCUT2D eigenvalue weighted by molar-refractivity contribution is -0.141. The van der Waals surface area contributed by atoms with Gasteiger partial charge in [0, 0.05) is 69.8 Å². The van der Waals surface area contributed by atoms with Crippen LogP contribution < -0.4 is 32.3 Å². The summed E-state index contributed by atoms with van der Waals surface area (Å²) in [4.78, 5) is 94.5. The smallest absolute Gasteiger partial charge is 0.303 e. The van der Waals surface area contributed by atoms with E-state index in [-0.39, 0.29) is 64.9 Å². The number of amides is 6.